The molecular formula is C11H13N3O. The molecule has 1 fully saturated rings. The highest BCUT2D eigenvalue weighted by molar-refractivity contribution is 5.34. The van der Waals surface area contributed by atoms with Crippen LogP contribution in [0.25, 0.3) is 10.4 Å². The third kappa shape index (κ3) is 1.96. The second-order valence-electron chi connectivity index (χ2n) is 4.03. The number of hydrogen-bond acceptors (Lipinski definition) is 2. The average molecular weight is 203 g/mol. The summed E-state index contributed by atoms with van der Waals surface area (Å²) in [7, 11) is 0. The van der Waals surface area contributed by atoms with Crippen LogP contribution in [-0.2, 0) is 12.0 Å². The number of aliphatic hydroxyl groups is 1. The van der Waals surface area contributed by atoms with Gasteiger partial charge in [-0.1, -0.05) is 29.4 Å². The van der Waals surface area contributed by atoms with Crippen LogP contribution >= 0.6 is 0 Å². The van der Waals surface area contributed by atoms with E-state index in [4.69, 9.17) is 5.53 Å². The van der Waals surface area contributed by atoms with E-state index in [2.05, 4.69) is 10.0 Å². The van der Waals surface area contributed by atoms with Crippen molar-refractivity contribution in [2.24, 2.45) is 5.11 Å². The van der Waals surface area contributed by atoms with Crippen LogP contribution < -0.4 is 0 Å². The predicted molar refractivity (Wildman–Crippen MR) is 57.3 cm³/mol. The lowest BCUT2D eigenvalue weighted by Gasteiger charge is -2.12. The van der Waals surface area contributed by atoms with Gasteiger partial charge < -0.3 is 5.11 Å². The summed E-state index contributed by atoms with van der Waals surface area (Å²) < 4.78 is 0. The van der Waals surface area contributed by atoms with E-state index in [1.165, 1.54) is 0 Å². The van der Waals surface area contributed by atoms with E-state index >= 15 is 0 Å². The topological polar surface area (TPSA) is 69.0 Å². The molecule has 0 unspecified atom stereocenters. The highest BCUT2D eigenvalue weighted by atomic mass is 16.3. The Balaban J connectivity index is 2.22. The second-order valence-corrected chi connectivity index (χ2v) is 4.03. The van der Waals surface area contributed by atoms with Crippen molar-refractivity contribution in [3.8, 4) is 0 Å². The van der Waals surface area contributed by atoms with Crippen LogP contribution in [0.3, 0.4) is 0 Å². The Kier molecular flexibility index (Phi) is 2.62. The zero-order valence-electron chi connectivity index (χ0n) is 8.43. The highest BCUT2D eigenvalue weighted by Crippen LogP contribution is 2.47. The van der Waals surface area contributed by atoms with E-state index in [0.717, 1.165) is 24.0 Å². The lowest BCUT2D eigenvalue weighted by Crippen LogP contribution is -2.11. The fourth-order valence-electron chi connectivity index (χ4n) is 1.80. The fourth-order valence-corrected chi connectivity index (χ4v) is 1.80. The van der Waals surface area contributed by atoms with E-state index in [0.29, 0.717) is 6.54 Å². The predicted octanol–water partition coefficient (Wildman–Crippen LogP) is 2.52. The summed E-state index contributed by atoms with van der Waals surface area (Å²) in [5, 5.41) is 12.8. The summed E-state index contributed by atoms with van der Waals surface area (Å²) in [6.07, 6.45) is 2.10. The van der Waals surface area contributed by atoms with Crippen LogP contribution in [0, 0.1) is 0 Å². The van der Waals surface area contributed by atoms with Crippen molar-refractivity contribution in [2.75, 3.05) is 6.61 Å². The molecule has 0 saturated heterocycles. The standard InChI is InChI=1S/C11H13N3O/c12-14-13-7-9-2-1-3-10(6-9)11(8-15)4-5-11/h1-3,6,15H,4-5,7-8H2. The lowest BCUT2D eigenvalue weighted by molar-refractivity contribution is 0.255. The Bertz CT molecular complexity index is 406. The van der Waals surface area contributed by atoms with Crippen molar-refractivity contribution in [1.29, 1.82) is 0 Å². The smallest absolute Gasteiger partial charge is 0.0527 e. The number of rotatable bonds is 4. The first-order valence-corrected chi connectivity index (χ1v) is 5.02. The van der Waals surface area contributed by atoms with Crippen LogP contribution in [0.4, 0.5) is 0 Å². The largest absolute Gasteiger partial charge is 0.395 e. The van der Waals surface area contributed by atoms with Gasteiger partial charge in [0.15, 0.2) is 0 Å². The summed E-state index contributed by atoms with van der Waals surface area (Å²) in [6.45, 7) is 0.587. The lowest BCUT2D eigenvalue weighted by atomic mass is 9.95. The zero-order chi connectivity index (χ0) is 10.7. The molecule has 0 bridgehead atoms. The van der Waals surface area contributed by atoms with Crippen molar-refractivity contribution >= 4 is 0 Å². The Morgan fingerprint density at radius 2 is 2.27 bits per heavy atom. The molecular weight excluding hydrogens is 190 g/mol. The van der Waals surface area contributed by atoms with Gasteiger partial charge in [-0.2, -0.15) is 0 Å². The van der Waals surface area contributed by atoms with Crippen molar-refractivity contribution in [3.63, 3.8) is 0 Å². The number of azide groups is 1. The third-order valence-corrected chi connectivity index (χ3v) is 3.01. The number of aliphatic hydroxyl groups excluding tert-OH is 1. The van der Waals surface area contributed by atoms with Crippen LogP contribution in [-0.4, -0.2) is 11.7 Å². The molecule has 1 aromatic rings. The molecule has 1 N–H and O–H groups in total. The van der Waals surface area contributed by atoms with E-state index < -0.39 is 0 Å². The SMILES string of the molecule is [N-]=[N+]=NCc1cccc(C2(CO)CC2)c1. The molecule has 1 aliphatic carbocycles. The van der Waals surface area contributed by atoms with E-state index in [1.54, 1.807) is 0 Å². The van der Waals surface area contributed by atoms with Crippen LogP contribution in [0.2, 0.25) is 0 Å². The maximum absolute atomic E-state index is 9.29. The van der Waals surface area contributed by atoms with Gasteiger partial charge in [0.1, 0.15) is 0 Å². The minimum Gasteiger partial charge on any atom is -0.395 e. The molecule has 0 radical (unpaired) electrons. The molecule has 1 aromatic carbocycles. The van der Waals surface area contributed by atoms with Gasteiger partial charge in [0.2, 0.25) is 0 Å². The monoisotopic (exact) mass is 203 g/mol. The maximum atomic E-state index is 9.29. The number of nitrogens with zero attached hydrogens (tertiary/aromatic N) is 3. The maximum Gasteiger partial charge on any atom is 0.0527 e. The molecule has 4 heteroatoms. The second kappa shape index (κ2) is 3.93. The van der Waals surface area contributed by atoms with Crippen molar-refractivity contribution in [2.45, 2.75) is 24.8 Å². The summed E-state index contributed by atoms with van der Waals surface area (Å²) >= 11 is 0. The molecule has 15 heavy (non-hydrogen) atoms. The molecule has 4 nitrogen and oxygen atoms in total. The zero-order valence-corrected chi connectivity index (χ0v) is 8.43. The first-order valence-electron chi connectivity index (χ1n) is 5.02. The molecule has 0 heterocycles. The van der Waals surface area contributed by atoms with Gasteiger partial charge in [-0.15, -0.1) is 0 Å². The minimum atomic E-state index is -0.00757. The van der Waals surface area contributed by atoms with Crippen molar-refractivity contribution < 1.29 is 5.11 Å². The van der Waals surface area contributed by atoms with Gasteiger partial charge in [0.05, 0.1) is 13.2 Å². The van der Waals surface area contributed by atoms with Crippen molar-refractivity contribution in [1.82, 2.24) is 0 Å². The van der Waals surface area contributed by atoms with Crippen LogP contribution in [0.5, 0.6) is 0 Å². The van der Waals surface area contributed by atoms with Gasteiger partial charge in [-0.3, -0.25) is 0 Å². The summed E-state index contributed by atoms with van der Waals surface area (Å²) in [6, 6.07) is 7.94. The molecule has 0 atom stereocenters. The van der Waals surface area contributed by atoms with Crippen molar-refractivity contribution in [3.05, 3.63) is 45.8 Å². The van der Waals surface area contributed by atoms with E-state index in [1.807, 2.05) is 24.3 Å². The summed E-state index contributed by atoms with van der Waals surface area (Å²) in [4.78, 5) is 2.73. The molecule has 0 aromatic heterocycles. The Morgan fingerprint density at radius 3 is 2.87 bits per heavy atom. The van der Waals surface area contributed by atoms with Gasteiger partial charge in [-0.05, 0) is 29.5 Å². The van der Waals surface area contributed by atoms with E-state index in [9.17, 15) is 5.11 Å². The minimum absolute atomic E-state index is 0.00757. The Morgan fingerprint density at radius 1 is 1.47 bits per heavy atom. The molecule has 78 valence electrons. The van der Waals surface area contributed by atoms with E-state index in [-0.39, 0.29) is 12.0 Å². The Labute approximate surface area is 88.2 Å². The fraction of sp³-hybridized carbons (Fsp3) is 0.455. The number of benzene rings is 1. The van der Waals surface area contributed by atoms with Gasteiger partial charge in [-0.25, -0.2) is 0 Å². The summed E-state index contributed by atoms with van der Waals surface area (Å²) in [5.41, 5.74) is 10.4. The molecule has 0 aliphatic heterocycles. The Hall–Kier alpha value is -1.51. The molecule has 0 spiro atoms. The highest BCUT2D eigenvalue weighted by Gasteiger charge is 2.43. The average Bonchev–Trinajstić information content (AvgIpc) is 3.08. The first-order chi connectivity index (χ1) is 7.30. The molecule has 1 saturated carbocycles. The summed E-state index contributed by atoms with van der Waals surface area (Å²) in [5.74, 6) is 0. The normalized spacial score (nSPS) is 16.9. The van der Waals surface area contributed by atoms with Gasteiger partial charge in [0.25, 0.3) is 0 Å². The third-order valence-electron chi connectivity index (χ3n) is 3.01. The first kappa shape index (κ1) is 10.0. The van der Waals surface area contributed by atoms with Gasteiger partial charge >= 0.3 is 0 Å². The number of hydrogen-bond donors (Lipinski definition) is 1. The van der Waals surface area contributed by atoms with Gasteiger partial charge in [0, 0.05) is 10.3 Å². The molecule has 1 aliphatic rings. The molecule has 2 rings (SSSR count). The quantitative estimate of drug-likeness (QED) is 0.456. The van der Waals surface area contributed by atoms with Crippen LogP contribution in [0.15, 0.2) is 29.4 Å². The van der Waals surface area contributed by atoms with Crippen LogP contribution in [0.1, 0.15) is 24.0 Å². The molecule has 0 amide bonds.